The average molecular weight is 812 g/mol. The smallest absolute Gasteiger partial charge is 0.254 e. The van der Waals surface area contributed by atoms with E-state index in [1.54, 1.807) is 0 Å². The van der Waals surface area contributed by atoms with Gasteiger partial charge in [0.25, 0.3) is 7.38 Å². The Bertz CT molecular complexity index is 1650. The van der Waals surface area contributed by atoms with Crippen LogP contribution in [0.1, 0.15) is 0 Å². The number of hydrogen-bond donors (Lipinski definition) is 0. The van der Waals surface area contributed by atoms with Gasteiger partial charge in [-0.05, 0) is 33.8 Å². The lowest BCUT2D eigenvalue weighted by Gasteiger charge is -2.43. The summed E-state index contributed by atoms with van der Waals surface area (Å²) < 4.78 is 0. The first-order valence-electron chi connectivity index (χ1n) is 19.1. The molecule has 0 heterocycles. The number of benzene rings is 3. The standard InChI is InChI=1S/C42H75ClN12Si/c1-44(2)28-25-31(37(50(13)14)40(53(19)20)34(28)47(7)8)56(43,32-26-29(45(3)4)35(48(9)10)41(54(21)22)38(32)51(15)16)33-27-30(46(5)6)36(49(11)12)42(55(23)24)39(33)52(17)18/h25-27H,1-24H3. The molecule has 0 amide bonds. The second-order valence-corrected chi connectivity index (χ2v) is 22.0. The van der Waals surface area contributed by atoms with E-state index in [1.165, 1.54) is 0 Å². The first kappa shape index (κ1) is 46.2. The van der Waals surface area contributed by atoms with Crippen molar-refractivity contribution in [2.75, 3.05) is 228 Å². The third-order valence-electron chi connectivity index (χ3n) is 10.3. The predicted octanol–water partition coefficient (Wildman–Crippen LogP) is 3.68. The lowest BCUT2D eigenvalue weighted by Crippen LogP contribution is -2.66. The van der Waals surface area contributed by atoms with Gasteiger partial charge >= 0.3 is 0 Å². The highest BCUT2D eigenvalue weighted by molar-refractivity contribution is 7.41. The molecule has 56 heavy (non-hydrogen) atoms. The Morgan fingerprint density at radius 1 is 0.250 bits per heavy atom. The first-order chi connectivity index (χ1) is 25.7. The molecule has 0 saturated carbocycles. The van der Waals surface area contributed by atoms with Crippen molar-refractivity contribution in [2.45, 2.75) is 0 Å². The Balaban J connectivity index is 3.15. The predicted molar refractivity (Wildman–Crippen MR) is 262 cm³/mol. The van der Waals surface area contributed by atoms with Crippen molar-refractivity contribution in [1.29, 1.82) is 0 Å². The van der Waals surface area contributed by atoms with E-state index in [-0.39, 0.29) is 0 Å². The molecule has 0 N–H and O–H groups in total. The van der Waals surface area contributed by atoms with Gasteiger partial charge in [0.15, 0.2) is 0 Å². The summed E-state index contributed by atoms with van der Waals surface area (Å²) in [5, 5.41) is 3.35. The maximum Gasteiger partial charge on any atom is 0.254 e. The Kier molecular flexibility index (Phi) is 14.1. The zero-order chi connectivity index (χ0) is 43.2. The summed E-state index contributed by atoms with van der Waals surface area (Å²) in [5.41, 5.74) is 13.4. The van der Waals surface area contributed by atoms with Gasteiger partial charge in [0.1, 0.15) is 0 Å². The van der Waals surface area contributed by atoms with Crippen LogP contribution in [-0.4, -0.2) is 177 Å². The van der Waals surface area contributed by atoms with Crippen LogP contribution in [0.15, 0.2) is 18.2 Å². The maximum absolute atomic E-state index is 9.23. The van der Waals surface area contributed by atoms with Gasteiger partial charge < -0.3 is 58.8 Å². The van der Waals surface area contributed by atoms with Gasteiger partial charge in [-0.3, -0.25) is 0 Å². The van der Waals surface area contributed by atoms with Gasteiger partial charge in [-0.2, -0.15) is 0 Å². The van der Waals surface area contributed by atoms with Gasteiger partial charge in [-0.1, -0.05) is 0 Å². The molecule has 0 fully saturated rings. The van der Waals surface area contributed by atoms with E-state index in [2.05, 4.69) is 246 Å². The van der Waals surface area contributed by atoms with Crippen LogP contribution in [0.25, 0.3) is 0 Å². The van der Waals surface area contributed by atoms with Crippen molar-refractivity contribution in [3.8, 4) is 0 Å². The van der Waals surface area contributed by atoms with Crippen molar-refractivity contribution >= 4 is 102 Å². The van der Waals surface area contributed by atoms with E-state index < -0.39 is 7.38 Å². The van der Waals surface area contributed by atoms with E-state index in [1.807, 2.05) is 0 Å². The van der Waals surface area contributed by atoms with Crippen LogP contribution in [0, 0.1) is 0 Å². The molecule has 0 radical (unpaired) electrons. The minimum Gasteiger partial charge on any atom is -0.376 e. The summed E-state index contributed by atoms with van der Waals surface area (Å²) >= 11 is 9.23. The molecule has 0 aromatic heterocycles. The highest BCUT2D eigenvalue weighted by Gasteiger charge is 2.49. The van der Waals surface area contributed by atoms with Crippen molar-refractivity contribution < 1.29 is 0 Å². The molecule has 0 bridgehead atoms. The summed E-state index contributed by atoms with van der Waals surface area (Å²) in [6, 6.07) is 7.18. The Hall–Kier alpha value is -4.23. The first-order valence-corrected chi connectivity index (χ1v) is 22.1. The number of nitrogens with zero attached hydrogens (tertiary/aromatic N) is 12. The molecule has 0 atom stereocenters. The number of rotatable bonds is 15. The molecular weight excluding hydrogens is 736 g/mol. The van der Waals surface area contributed by atoms with Crippen molar-refractivity contribution in [3.63, 3.8) is 0 Å². The summed E-state index contributed by atoms with van der Waals surface area (Å²) in [6.07, 6.45) is 0. The molecule has 314 valence electrons. The van der Waals surface area contributed by atoms with Crippen LogP contribution in [0.3, 0.4) is 0 Å². The van der Waals surface area contributed by atoms with Crippen molar-refractivity contribution in [1.82, 2.24) is 0 Å². The number of anilines is 12. The van der Waals surface area contributed by atoms with Gasteiger partial charge in [0, 0.05) is 169 Å². The van der Waals surface area contributed by atoms with E-state index in [9.17, 15) is 11.1 Å². The fourth-order valence-electron chi connectivity index (χ4n) is 8.10. The molecule has 0 aliphatic carbocycles. The van der Waals surface area contributed by atoms with Gasteiger partial charge in [-0.15, -0.1) is 11.1 Å². The topological polar surface area (TPSA) is 38.9 Å². The van der Waals surface area contributed by atoms with Crippen LogP contribution in [0.5, 0.6) is 0 Å². The molecular formula is C42H75ClN12Si. The third-order valence-corrected chi connectivity index (χ3v) is 15.5. The SMILES string of the molecule is CN(C)c1cc([Si](Cl)(c2cc(N(C)C)c(N(C)C)c(N(C)C)c2N(C)C)c2cc(N(C)C)c(N(C)C)c(N(C)C)c2N(C)C)c(N(C)C)c(N(C)C)c1N(C)C. The molecule has 0 saturated heterocycles. The minimum absolute atomic E-state index is 1.10. The minimum atomic E-state index is -3.70. The van der Waals surface area contributed by atoms with E-state index in [0.717, 1.165) is 83.8 Å². The lowest BCUT2D eigenvalue weighted by molar-refractivity contribution is 1.03. The maximum atomic E-state index is 9.23. The summed E-state index contributed by atoms with van der Waals surface area (Å²) in [5.74, 6) is 0. The van der Waals surface area contributed by atoms with Crippen LogP contribution >= 0.6 is 11.1 Å². The van der Waals surface area contributed by atoms with Crippen molar-refractivity contribution in [2.24, 2.45) is 0 Å². The van der Waals surface area contributed by atoms with Crippen molar-refractivity contribution in [3.05, 3.63) is 18.2 Å². The second kappa shape index (κ2) is 17.1. The Morgan fingerprint density at radius 3 is 0.536 bits per heavy atom. The monoisotopic (exact) mass is 811 g/mol. The normalized spacial score (nSPS) is 11.3. The molecule has 0 unspecified atom stereocenters. The van der Waals surface area contributed by atoms with Crippen LogP contribution < -0.4 is 74.4 Å². The largest absolute Gasteiger partial charge is 0.376 e. The molecule has 3 rings (SSSR count). The molecule has 0 aliphatic rings. The number of hydrogen-bond acceptors (Lipinski definition) is 12. The Morgan fingerprint density at radius 2 is 0.411 bits per heavy atom. The summed E-state index contributed by atoms with van der Waals surface area (Å²) in [6.45, 7) is 0. The Labute approximate surface area is 347 Å². The third kappa shape index (κ3) is 7.98. The van der Waals surface area contributed by atoms with Gasteiger partial charge in [0.05, 0.1) is 68.2 Å². The second-order valence-electron chi connectivity index (χ2n) is 17.4. The van der Waals surface area contributed by atoms with Gasteiger partial charge in [-0.25, -0.2) is 0 Å². The van der Waals surface area contributed by atoms with Crippen LogP contribution in [-0.2, 0) is 0 Å². The fourth-order valence-corrected chi connectivity index (χ4v) is 13.3. The number of halogens is 1. The van der Waals surface area contributed by atoms with Gasteiger partial charge in [0.2, 0.25) is 0 Å². The molecule has 0 spiro atoms. The molecule has 12 nitrogen and oxygen atoms in total. The zero-order valence-corrected chi connectivity index (χ0v) is 41.2. The zero-order valence-electron chi connectivity index (χ0n) is 39.5. The quantitative estimate of drug-likeness (QED) is 0.128. The van der Waals surface area contributed by atoms with Crippen LogP contribution in [0.4, 0.5) is 68.2 Å². The fraction of sp³-hybridized carbons (Fsp3) is 0.571. The van der Waals surface area contributed by atoms with Crippen LogP contribution in [0.2, 0.25) is 0 Å². The molecule has 3 aromatic carbocycles. The van der Waals surface area contributed by atoms with E-state index in [0.29, 0.717) is 0 Å². The molecule has 0 aliphatic heterocycles. The highest BCUT2D eigenvalue weighted by atomic mass is 35.6. The average Bonchev–Trinajstić information content (AvgIpc) is 3.07. The highest BCUT2D eigenvalue weighted by Crippen LogP contribution is 2.49. The molecule has 14 heteroatoms. The van der Waals surface area contributed by atoms with E-state index >= 15 is 0 Å². The summed E-state index contributed by atoms with van der Waals surface area (Å²) in [4.78, 5) is 27.0. The summed E-state index contributed by atoms with van der Waals surface area (Å²) in [7, 11) is 47.7. The van der Waals surface area contributed by atoms with E-state index in [4.69, 9.17) is 0 Å². The lowest BCUT2D eigenvalue weighted by atomic mass is 10.1. The molecule has 3 aromatic rings.